The third-order valence-electron chi connectivity index (χ3n) is 5.84. The Morgan fingerprint density at radius 2 is 1.67 bits per heavy atom. The topological polar surface area (TPSA) is 66.6 Å². The van der Waals surface area contributed by atoms with Crippen LogP contribution in [0, 0.1) is 11.8 Å². The molecule has 122 valence electrons. The Morgan fingerprint density at radius 3 is 2.38 bits per heavy atom. The van der Waals surface area contributed by atoms with E-state index in [0.29, 0.717) is 24.9 Å². The summed E-state index contributed by atoms with van der Waals surface area (Å²) in [6.45, 7) is 1.38. The normalized spacial score (nSPS) is 36.0. The van der Waals surface area contributed by atoms with E-state index in [4.69, 9.17) is 5.73 Å². The molecule has 3 atom stereocenters. The molecule has 0 bridgehead atoms. The first-order valence-corrected chi connectivity index (χ1v) is 9.87. The Hall–Kier alpha value is -0.170. The summed E-state index contributed by atoms with van der Waals surface area (Å²) in [7, 11) is -1.51. The van der Waals surface area contributed by atoms with Gasteiger partial charge in [-0.25, -0.2) is 0 Å². The van der Waals surface area contributed by atoms with Crippen LogP contribution in [-0.2, 0) is 10.2 Å². The molecule has 3 fully saturated rings. The van der Waals surface area contributed by atoms with E-state index >= 15 is 0 Å². The first-order valence-electron chi connectivity index (χ1n) is 8.47. The Labute approximate surface area is 129 Å². The van der Waals surface area contributed by atoms with Crippen molar-refractivity contribution in [2.75, 3.05) is 20.1 Å². The summed E-state index contributed by atoms with van der Waals surface area (Å²) in [5, 5.41) is 0. The Bertz CT molecular complexity index is 462. The highest BCUT2D eigenvalue weighted by Crippen LogP contribution is 2.37. The number of fused-ring (bicyclic) bond motifs is 1. The van der Waals surface area contributed by atoms with Crippen LogP contribution < -0.4 is 5.73 Å². The summed E-state index contributed by atoms with van der Waals surface area (Å²) in [4.78, 5) is 0. The Balaban J connectivity index is 1.67. The average molecular weight is 315 g/mol. The lowest BCUT2D eigenvalue weighted by atomic mass is 9.79. The van der Waals surface area contributed by atoms with Gasteiger partial charge in [-0.05, 0) is 43.9 Å². The molecule has 1 saturated heterocycles. The van der Waals surface area contributed by atoms with Gasteiger partial charge >= 0.3 is 0 Å². The predicted molar refractivity (Wildman–Crippen MR) is 83.9 cm³/mol. The van der Waals surface area contributed by atoms with Crippen molar-refractivity contribution in [2.45, 2.75) is 63.5 Å². The molecule has 1 unspecified atom stereocenters. The minimum atomic E-state index is -3.29. The van der Waals surface area contributed by atoms with Crippen LogP contribution in [0.2, 0.25) is 0 Å². The van der Waals surface area contributed by atoms with Gasteiger partial charge < -0.3 is 5.73 Å². The van der Waals surface area contributed by atoms with Crippen LogP contribution in [0.25, 0.3) is 0 Å². The van der Waals surface area contributed by atoms with E-state index in [1.54, 1.807) is 15.7 Å². The van der Waals surface area contributed by atoms with Gasteiger partial charge in [-0.2, -0.15) is 17.0 Å². The molecular weight excluding hydrogens is 286 g/mol. The van der Waals surface area contributed by atoms with Crippen molar-refractivity contribution in [3.05, 3.63) is 0 Å². The van der Waals surface area contributed by atoms with Gasteiger partial charge in [-0.15, -0.1) is 0 Å². The second-order valence-corrected chi connectivity index (χ2v) is 9.21. The van der Waals surface area contributed by atoms with Crippen molar-refractivity contribution < 1.29 is 8.42 Å². The maximum Gasteiger partial charge on any atom is 0.281 e. The van der Waals surface area contributed by atoms with Crippen molar-refractivity contribution in [3.63, 3.8) is 0 Å². The average Bonchev–Trinajstić information content (AvgIpc) is 2.91. The molecule has 0 aromatic rings. The highest BCUT2D eigenvalue weighted by atomic mass is 32.2. The highest BCUT2D eigenvalue weighted by Gasteiger charge is 2.43. The summed E-state index contributed by atoms with van der Waals surface area (Å²) >= 11 is 0. The van der Waals surface area contributed by atoms with Crippen LogP contribution in [0.5, 0.6) is 0 Å². The second kappa shape index (κ2) is 6.14. The van der Waals surface area contributed by atoms with Gasteiger partial charge in [0.2, 0.25) is 0 Å². The first kappa shape index (κ1) is 15.7. The lowest BCUT2D eigenvalue weighted by Gasteiger charge is -2.33. The molecule has 1 aliphatic heterocycles. The lowest BCUT2D eigenvalue weighted by molar-refractivity contribution is 0.267. The van der Waals surface area contributed by atoms with Gasteiger partial charge in [0, 0.05) is 32.2 Å². The van der Waals surface area contributed by atoms with E-state index in [2.05, 4.69) is 0 Å². The Kier molecular flexibility index (Phi) is 4.60. The Morgan fingerprint density at radius 1 is 1.00 bits per heavy atom. The van der Waals surface area contributed by atoms with Crippen LogP contribution in [0.1, 0.15) is 51.4 Å². The summed E-state index contributed by atoms with van der Waals surface area (Å²) in [6, 6.07) is 0.471. The molecule has 2 saturated carbocycles. The van der Waals surface area contributed by atoms with Crippen molar-refractivity contribution in [1.29, 1.82) is 0 Å². The van der Waals surface area contributed by atoms with Gasteiger partial charge in [-0.3, -0.25) is 0 Å². The van der Waals surface area contributed by atoms with Gasteiger partial charge in [0.05, 0.1) is 0 Å². The zero-order chi connectivity index (χ0) is 15.0. The fourth-order valence-corrected chi connectivity index (χ4v) is 6.14. The first-order chi connectivity index (χ1) is 9.98. The maximum atomic E-state index is 12.9. The fourth-order valence-electron chi connectivity index (χ4n) is 4.43. The third kappa shape index (κ3) is 3.14. The monoisotopic (exact) mass is 315 g/mol. The fraction of sp³-hybridized carbons (Fsp3) is 1.00. The van der Waals surface area contributed by atoms with Crippen LogP contribution in [-0.4, -0.2) is 49.2 Å². The van der Waals surface area contributed by atoms with Crippen LogP contribution in [0.15, 0.2) is 0 Å². The largest absolute Gasteiger partial charge is 0.328 e. The number of rotatable bonds is 3. The van der Waals surface area contributed by atoms with E-state index in [1.165, 1.54) is 6.42 Å². The summed E-state index contributed by atoms with van der Waals surface area (Å²) in [5.74, 6) is 1.00. The molecule has 0 amide bonds. The zero-order valence-electron chi connectivity index (χ0n) is 13.1. The minimum Gasteiger partial charge on any atom is -0.328 e. The molecule has 0 spiro atoms. The second-order valence-electron chi connectivity index (χ2n) is 7.23. The number of hydrogen-bond acceptors (Lipinski definition) is 3. The molecule has 2 N–H and O–H groups in total. The molecule has 6 heteroatoms. The van der Waals surface area contributed by atoms with Crippen molar-refractivity contribution >= 4 is 10.2 Å². The molecule has 5 nitrogen and oxygen atoms in total. The van der Waals surface area contributed by atoms with E-state index in [9.17, 15) is 8.42 Å². The third-order valence-corrected chi connectivity index (χ3v) is 7.81. The molecule has 1 heterocycles. The smallest absolute Gasteiger partial charge is 0.281 e. The summed E-state index contributed by atoms with van der Waals surface area (Å²) in [6.07, 6.45) is 8.72. The number of nitrogens with two attached hydrogens (primary N) is 1. The lowest BCUT2D eigenvalue weighted by Crippen LogP contribution is -2.46. The van der Waals surface area contributed by atoms with Gasteiger partial charge in [0.25, 0.3) is 10.2 Å². The van der Waals surface area contributed by atoms with Crippen LogP contribution >= 0.6 is 0 Å². The van der Waals surface area contributed by atoms with E-state index in [-0.39, 0.29) is 12.1 Å². The maximum absolute atomic E-state index is 12.9. The molecule has 21 heavy (non-hydrogen) atoms. The van der Waals surface area contributed by atoms with Gasteiger partial charge in [0.15, 0.2) is 0 Å². The molecular formula is C15H29N3O2S. The van der Waals surface area contributed by atoms with Gasteiger partial charge in [-0.1, -0.05) is 19.3 Å². The van der Waals surface area contributed by atoms with Gasteiger partial charge in [0.1, 0.15) is 0 Å². The molecule has 0 aromatic heterocycles. The molecule has 2 aliphatic carbocycles. The number of nitrogens with zero attached hydrogens (tertiary/aromatic N) is 2. The summed E-state index contributed by atoms with van der Waals surface area (Å²) < 4.78 is 29.1. The number of hydrogen-bond donors (Lipinski definition) is 1. The van der Waals surface area contributed by atoms with Crippen LogP contribution in [0.3, 0.4) is 0 Å². The van der Waals surface area contributed by atoms with Crippen LogP contribution in [0.4, 0.5) is 0 Å². The molecule has 3 aliphatic rings. The predicted octanol–water partition coefficient (Wildman–Crippen LogP) is 1.55. The molecule has 0 radical (unpaired) electrons. The summed E-state index contributed by atoms with van der Waals surface area (Å²) in [5.41, 5.74) is 6.04. The van der Waals surface area contributed by atoms with E-state index < -0.39 is 10.2 Å². The molecule has 0 aromatic carbocycles. The zero-order valence-corrected chi connectivity index (χ0v) is 13.9. The van der Waals surface area contributed by atoms with Crippen molar-refractivity contribution in [2.24, 2.45) is 17.6 Å². The van der Waals surface area contributed by atoms with Crippen molar-refractivity contribution in [1.82, 2.24) is 8.61 Å². The van der Waals surface area contributed by atoms with E-state index in [1.807, 2.05) is 0 Å². The molecule has 3 rings (SSSR count). The SMILES string of the molecule is CN(C1CCCCC1)S(=O)(=O)N1C[C@H]2CCC(N)C[C@H]2C1. The minimum absolute atomic E-state index is 0.202. The van der Waals surface area contributed by atoms with Crippen molar-refractivity contribution in [3.8, 4) is 0 Å². The standard InChI is InChI=1S/C15H29N3O2S/c1-17(15-5-3-2-4-6-15)21(19,20)18-10-12-7-8-14(16)9-13(12)11-18/h12-15H,2-11,16H2,1H3/t12-,13+,14?/m1/s1. The quantitative estimate of drug-likeness (QED) is 0.859. The highest BCUT2D eigenvalue weighted by molar-refractivity contribution is 7.86. The van der Waals surface area contributed by atoms with E-state index in [0.717, 1.165) is 44.9 Å².